The first-order chi connectivity index (χ1) is 8.58. The normalized spacial score (nSPS) is 25.3. The molecule has 2 rings (SSSR count). The highest BCUT2D eigenvalue weighted by Crippen LogP contribution is 2.21. The molecule has 0 amide bonds. The Morgan fingerprint density at radius 3 is 3.00 bits per heavy atom. The molecule has 4 heteroatoms. The van der Waals surface area contributed by atoms with Crippen molar-refractivity contribution in [3.8, 4) is 0 Å². The summed E-state index contributed by atoms with van der Waals surface area (Å²) < 4.78 is 14.0. The van der Waals surface area contributed by atoms with E-state index in [0.717, 1.165) is 31.6 Å². The standard InChI is InChI=1S/C14H20BrFN2/c1-10-9-18(2)7-6-13(10)17-8-11-4-3-5-12(16)14(11)15/h3-5,10,13,17H,6-9H2,1-2H3. The molecule has 0 spiro atoms. The summed E-state index contributed by atoms with van der Waals surface area (Å²) in [5, 5.41) is 3.55. The van der Waals surface area contributed by atoms with Crippen molar-refractivity contribution in [2.24, 2.45) is 5.92 Å². The van der Waals surface area contributed by atoms with Crippen LogP contribution in [0, 0.1) is 11.7 Å². The van der Waals surface area contributed by atoms with Crippen LogP contribution in [0.3, 0.4) is 0 Å². The van der Waals surface area contributed by atoms with E-state index in [1.807, 2.05) is 6.07 Å². The minimum absolute atomic E-state index is 0.189. The molecule has 0 aromatic heterocycles. The number of rotatable bonds is 3. The lowest BCUT2D eigenvalue weighted by molar-refractivity contribution is 0.174. The topological polar surface area (TPSA) is 15.3 Å². The molecular weight excluding hydrogens is 295 g/mol. The quantitative estimate of drug-likeness (QED) is 0.922. The van der Waals surface area contributed by atoms with Gasteiger partial charge in [0.05, 0.1) is 4.47 Å². The molecule has 0 aliphatic carbocycles. The lowest BCUT2D eigenvalue weighted by atomic mass is 9.94. The van der Waals surface area contributed by atoms with Crippen molar-refractivity contribution in [2.75, 3.05) is 20.1 Å². The first-order valence-electron chi connectivity index (χ1n) is 6.42. The number of piperidine rings is 1. The average molecular weight is 315 g/mol. The Morgan fingerprint density at radius 1 is 1.50 bits per heavy atom. The van der Waals surface area contributed by atoms with E-state index >= 15 is 0 Å². The molecule has 2 unspecified atom stereocenters. The fraction of sp³-hybridized carbons (Fsp3) is 0.571. The van der Waals surface area contributed by atoms with Crippen molar-refractivity contribution in [1.29, 1.82) is 0 Å². The highest BCUT2D eigenvalue weighted by atomic mass is 79.9. The second-order valence-corrected chi connectivity index (χ2v) is 6.02. The molecule has 2 atom stereocenters. The molecule has 0 radical (unpaired) electrons. The Labute approximate surface area is 117 Å². The first kappa shape index (κ1) is 14.0. The van der Waals surface area contributed by atoms with Crippen LogP contribution in [0.5, 0.6) is 0 Å². The molecular formula is C14H20BrFN2. The van der Waals surface area contributed by atoms with E-state index in [-0.39, 0.29) is 5.82 Å². The van der Waals surface area contributed by atoms with Gasteiger partial charge in [-0.25, -0.2) is 4.39 Å². The SMILES string of the molecule is CC1CN(C)CCC1NCc1cccc(F)c1Br. The van der Waals surface area contributed by atoms with Crippen LogP contribution < -0.4 is 5.32 Å². The van der Waals surface area contributed by atoms with Crippen molar-refractivity contribution >= 4 is 15.9 Å². The van der Waals surface area contributed by atoms with Gasteiger partial charge >= 0.3 is 0 Å². The van der Waals surface area contributed by atoms with Crippen molar-refractivity contribution in [3.05, 3.63) is 34.1 Å². The van der Waals surface area contributed by atoms with E-state index < -0.39 is 0 Å². The third kappa shape index (κ3) is 3.31. The van der Waals surface area contributed by atoms with E-state index in [1.54, 1.807) is 6.07 Å². The zero-order chi connectivity index (χ0) is 13.1. The molecule has 1 aromatic rings. The largest absolute Gasteiger partial charge is 0.310 e. The maximum atomic E-state index is 13.4. The maximum Gasteiger partial charge on any atom is 0.137 e. The molecule has 1 aliphatic heterocycles. The Kier molecular flexibility index (Phi) is 4.76. The van der Waals surface area contributed by atoms with Crippen molar-refractivity contribution < 1.29 is 4.39 Å². The Balaban J connectivity index is 1.93. The smallest absolute Gasteiger partial charge is 0.137 e. The van der Waals surface area contributed by atoms with Gasteiger partial charge in [0.25, 0.3) is 0 Å². The van der Waals surface area contributed by atoms with E-state index in [9.17, 15) is 4.39 Å². The number of nitrogens with one attached hydrogen (secondary N) is 1. The van der Waals surface area contributed by atoms with Gasteiger partial charge < -0.3 is 10.2 Å². The van der Waals surface area contributed by atoms with Crippen LogP contribution in [-0.4, -0.2) is 31.1 Å². The Morgan fingerprint density at radius 2 is 2.28 bits per heavy atom. The van der Waals surface area contributed by atoms with Crippen molar-refractivity contribution in [1.82, 2.24) is 10.2 Å². The molecule has 100 valence electrons. The molecule has 2 nitrogen and oxygen atoms in total. The number of hydrogen-bond acceptors (Lipinski definition) is 2. The molecule has 18 heavy (non-hydrogen) atoms. The lowest BCUT2D eigenvalue weighted by Crippen LogP contribution is -2.46. The highest BCUT2D eigenvalue weighted by molar-refractivity contribution is 9.10. The van der Waals surface area contributed by atoms with Gasteiger partial charge in [-0.2, -0.15) is 0 Å². The fourth-order valence-corrected chi connectivity index (χ4v) is 2.99. The second kappa shape index (κ2) is 6.13. The summed E-state index contributed by atoms with van der Waals surface area (Å²) in [4.78, 5) is 2.36. The minimum atomic E-state index is -0.189. The van der Waals surface area contributed by atoms with Gasteiger partial charge in [0.1, 0.15) is 5.82 Å². The highest BCUT2D eigenvalue weighted by Gasteiger charge is 2.23. The van der Waals surface area contributed by atoms with Crippen LogP contribution in [0.15, 0.2) is 22.7 Å². The lowest BCUT2D eigenvalue weighted by Gasteiger charge is -2.35. The van der Waals surface area contributed by atoms with Gasteiger partial charge in [-0.1, -0.05) is 19.1 Å². The molecule has 1 aromatic carbocycles. The van der Waals surface area contributed by atoms with Crippen LogP contribution in [-0.2, 0) is 6.54 Å². The van der Waals surface area contributed by atoms with Gasteiger partial charge in [0.15, 0.2) is 0 Å². The van der Waals surface area contributed by atoms with Gasteiger partial charge in [-0.05, 0) is 53.5 Å². The molecule has 1 saturated heterocycles. The second-order valence-electron chi connectivity index (χ2n) is 5.23. The molecule has 1 fully saturated rings. The Bertz CT molecular complexity index is 411. The summed E-state index contributed by atoms with van der Waals surface area (Å²) in [6, 6.07) is 5.72. The summed E-state index contributed by atoms with van der Waals surface area (Å²) >= 11 is 3.31. The zero-order valence-corrected chi connectivity index (χ0v) is 12.5. The third-order valence-electron chi connectivity index (χ3n) is 3.69. The van der Waals surface area contributed by atoms with Gasteiger partial charge in [0, 0.05) is 19.1 Å². The number of likely N-dealkylation sites (tertiary alicyclic amines) is 1. The maximum absolute atomic E-state index is 13.4. The Hall–Kier alpha value is -0.450. The van der Waals surface area contributed by atoms with E-state index in [4.69, 9.17) is 0 Å². The van der Waals surface area contributed by atoms with Gasteiger partial charge in [0.2, 0.25) is 0 Å². The van der Waals surface area contributed by atoms with Crippen molar-refractivity contribution in [2.45, 2.75) is 25.9 Å². The molecule has 1 aliphatic rings. The van der Waals surface area contributed by atoms with E-state index in [2.05, 4.69) is 40.1 Å². The van der Waals surface area contributed by atoms with Crippen LogP contribution in [0.1, 0.15) is 18.9 Å². The predicted octanol–water partition coefficient (Wildman–Crippen LogP) is 3.02. The number of hydrogen-bond donors (Lipinski definition) is 1. The van der Waals surface area contributed by atoms with Crippen LogP contribution in [0.2, 0.25) is 0 Å². The van der Waals surface area contributed by atoms with E-state index in [0.29, 0.717) is 16.4 Å². The number of nitrogens with zero attached hydrogens (tertiary/aromatic N) is 1. The third-order valence-corrected chi connectivity index (χ3v) is 4.58. The monoisotopic (exact) mass is 314 g/mol. The predicted molar refractivity (Wildman–Crippen MR) is 76.0 cm³/mol. The molecule has 0 saturated carbocycles. The fourth-order valence-electron chi connectivity index (χ4n) is 2.58. The zero-order valence-electron chi connectivity index (χ0n) is 10.9. The van der Waals surface area contributed by atoms with Crippen LogP contribution in [0.25, 0.3) is 0 Å². The van der Waals surface area contributed by atoms with Crippen LogP contribution >= 0.6 is 15.9 Å². The van der Waals surface area contributed by atoms with Gasteiger partial charge in [-0.15, -0.1) is 0 Å². The summed E-state index contributed by atoms with van der Waals surface area (Å²) in [6.07, 6.45) is 1.16. The molecule has 0 bridgehead atoms. The van der Waals surface area contributed by atoms with Crippen LogP contribution in [0.4, 0.5) is 4.39 Å². The summed E-state index contributed by atoms with van der Waals surface area (Å²) in [5.41, 5.74) is 0.987. The first-order valence-corrected chi connectivity index (χ1v) is 7.22. The number of benzene rings is 1. The summed E-state index contributed by atoms with van der Waals surface area (Å²) in [7, 11) is 2.16. The van der Waals surface area contributed by atoms with Gasteiger partial charge in [-0.3, -0.25) is 0 Å². The molecule has 1 N–H and O–H groups in total. The number of halogens is 2. The van der Waals surface area contributed by atoms with E-state index in [1.165, 1.54) is 6.07 Å². The van der Waals surface area contributed by atoms with Crippen molar-refractivity contribution in [3.63, 3.8) is 0 Å². The minimum Gasteiger partial charge on any atom is -0.310 e. The summed E-state index contributed by atoms with van der Waals surface area (Å²) in [6.45, 7) is 5.25. The average Bonchev–Trinajstić information content (AvgIpc) is 2.33. The summed E-state index contributed by atoms with van der Waals surface area (Å²) in [5.74, 6) is 0.446. The molecule has 1 heterocycles.